The Morgan fingerprint density at radius 2 is 1.68 bits per heavy atom. The maximum Gasteiger partial charge on any atom is 0.261 e. The lowest BCUT2D eigenvalue weighted by Crippen LogP contribution is -2.16. The van der Waals surface area contributed by atoms with E-state index in [0.29, 0.717) is 34.3 Å². The molecule has 1 amide bonds. The zero-order chi connectivity index (χ0) is 22.0. The number of benzene rings is 2. The highest BCUT2D eigenvalue weighted by Gasteiger charge is 2.24. The molecule has 0 atom stereocenters. The molecule has 7 heteroatoms. The highest BCUT2D eigenvalue weighted by atomic mass is 16.5. The molecule has 158 valence electrons. The van der Waals surface area contributed by atoms with Gasteiger partial charge >= 0.3 is 0 Å². The smallest absolute Gasteiger partial charge is 0.261 e. The Morgan fingerprint density at radius 3 is 2.32 bits per heavy atom. The summed E-state index contributed by atoms with van der Waals surface area (Å²) in [6, 6.07) is 17.1. The maximum absolute atomic E-state index is 13.4. The summed E-state index contributed by atoms with van der Waals surface area (Å²) in [6.07, 6.45) is 3.79. The zero-order valence-electron chi connectivity index (χ0n) is 17.9. The van der Waals surface area contributed by atoms with Crippen LogP contribution in [0.15, 0.2) is 67.0 Å². The summed E-state index contributed by atoms with van der Waals surface area (Å²) >= 11 is 0. The van der Waals surface area contributed by atoms with E-state index < -0.39 is 0 Å². The summed E-state index contributed by atoms with van der Waals surface area (Å²) in [6.45, 7) is 3.86. The second-order valence-electron chi connectivity index (χ2n) is 7.14. The minimum Gasteiger partial charge on any atom is -0.497 e. The lowest BCUT2D eigenvalue weighted by molar-refractivity contribution is 0.102. The lowest BCUT2D eigenvalue weighted by Gasteiger charge is -2.14. The predicted octanol–water partition coefficient (Wildman–Crippen LogP) is 4.55. The number of amides is 1. The van der Waals surface area contributed by atoms with Crippen LogP contribution in [0.2, 0.25) is 0 Å². The van der Waals surface area contributed by atoms with Gasteiger partial charge in [0, 0.05) is 18.5 Å². The van der Waals surface area contributed by atoms with E-state index in [1.807, 2.05) is 67.2 Å². The van der Waals surface area contributed by atoms with Crippen molar-refractivity contribution in [2.45, 2.75) is 13.8 Å². The third kappa shape index (κ3) is 3.90. The average Bonchev–Trinajstić information content (AvgIpc) is 3.41. The Morgan fingerprint density at radius 1 is 0.968 bits per heavy atom. The fraction of sp³-hybridized carbons (Fsp3) is 0.167. The molecule has 1 N–H and O–H groups in total. The number of anilines is 1. The molecule has 4 rings (SSSR count). The van der Waals surface area contributed by atoms with Gasteiger partial charge in [-0.2, -0.15) is 5.10 Å². The normalized spacial score (nSPS) is 10.7. The molecule has 7 nitrogen and oxygen atoms in total. The number of hydrogen-bond donors (Lipinski definition) is 1. The molecule has 31 heavy (non-hydrogen) atoms. The van der Waals surface area contributed by atoms with Crippen LogP contribution in [0.4, 0.5) is 5.69 Å². The molecule has 2 aromatic carbocycles. The molecule has 0 saturated carbocycles. The Labute approximate surface area is 180 Å². The molecule has 0 radical (unpaired) electrons. The van der Waals surface area contributed by atoms with Crippen molar-refractivity contribution in [1.29, 1.82) is 0 Å². The third-order valence-electron chi connectivity index (χ3n) is 5.05. The van der Waals surface area contributed by atoms with Gasteiger partial charge in [-0.05, 0) is 50.2 Å². The van der Waals surface area contributed by atoms with E-state index in [2.05, 4.69) is 10.4 Å². The van der Waals surface area contributed by atoms with Gasteiger partial charge in [0.2, 0.25) is 0 Å². The lowest BCUT2D eigenvalue weighted by atomic mass is 10.2. The number of nitrogens with one attached hydrogen (secondary N) is 1. The number of ether oxygens (including phenoxy) is 2. The number of rotatable bonds is 6. The highest BCUT2D eigenvalue weighted by Crippen LogP contribution is 2.31. The molecule has 0 bridgehead atoms. The molecule has 0 aliphatic rings. The highest BCUT2D eigenvalue weighted by molar-refractivity contribution is 6.08. The molecule has 0 fully saturated rings. The van der Waals surface area contributed by atoms with Crippen LogP contribution in [0.25, 0.3) is 11.5 Å². The first-order valence-electron chi connectivity index (χ1n) is 9.85. The van der Waals surface area contributed by atoms with Crippen molar-refractivity contribution in [3.8, 4) is 23.0 Å². The number of nitrogens with zero attached hydrogens (tertiary/aromatic N) is 3. The summed E-state index contributed by atoms with van der Waals surface area (Å²) < 4.78 is 14.4. The number of methoxy groups -OCH3 is 2. The monoisotopic (exact) mass is 416 g/mol. The van der Waals surface area contributed by atoms with Crippen LogP contribution in [0.3, 0.4) is 0 Å². The first-order valence-corrected chi connectivity index (χ1v) is 9.85. The topological polar surface area (TPSA) is 70.3 Å². The van der Waals surface area contributed by atoms with E-state index in [4.69, 9.17) is 9.47 Å². The second-order valence-corrected chi connectivity index (χ2v) is 7.14. The van der Waals surface area contributed by atoms with E-state index in [1.165, 1.54) is 0 Å². The van der Waals surface area contributed by atoms with Gasteiger partial charge in [0.15, 0.2) is 5.82 Å². The van der Waals surface area contributed by atoms with Crippen molar-refractivity contribution in [2.75, 3.05) is 19.5 Å². The van der Waals surface area contributed by atoms with Gasteiger partial charge in [-0.1, -0.05) is 17.7 Å². The quantitative estimate of drug-likeness (QED) is 0.501. The van der Waals surface area contributed by atoms with Crippen LogP contribution in [0.1, 0.15) is 21.6 Å². The molecule has 0 unspecified atom stereocenters. The molecular weight excluding hydrogens is 392 g/mol. The maximum atomic E-state index is 13.4. The van der Waals surface area contributed by atoms with Crippen LogP contribution < -0.4 is 14.8 Å². The van der Waals surface area contributed by atoms with Gasteiger partial charge in [0.1, 0.15) is 17.1 Å². The third-order valence-corrected chi connectivity index (χ3v) is 5.05. The van der Waals surface area contributed by atoms with Gasteiger partial charge < -0.3 is 19.4 Å². The SMILES string of the molecule is COc1ccc(OC)c(NC(=O)c2c(C)nn(-c3ccc(C)cc3)c2-n2cccc2)c1. The predicted molar refractivity (Wildman–Crippen MR) is 120 cm³/mol. The average molecular weight is 416 g/mol. The molecule has 0 aliphatic heterocycles. The van der Waals surface area contributed by atoms with Crippen molar-refractivity contribution in [3.63, 3.8) is 0 Å². The number of aryl methyl sites for hydroxylation is 2. The Hall–Kier alpha value is -4.00. The Balaban J connectivity index is 1.82. The number of carbonyl (C=O) groups is 1. The fourth-order valence-corrected chi connectivity index (χ4v) is 3.46. The number of hydrogen-bond acceptors (Lipinski definition) is 4. The molecule has 0 aliphatic carbocycles. The number of carbonyl (C=O) groups excluding carboxylic acids is 1. The summed E-state index contributed by atoms with van der Waals surface area (Å²) in [5, 5.41) is 7.64. The largest absolute Gasteiger partial charge is 0.497 e. The molecule has 0 spiro atoms. The Kier molecular flexibility index (Phi) is 5.49. The van der Waals surface area contributed by atoms with Crippen molar-refractivity contribution >= 4 is 11.6 Å². The van der Waals surface area contributed by atoms with Crippen LogP contribution in [-0.4, -0.2) is 34.5 Å². The van der Waals surface area contributed by atoms with E-state index in [9.17, 15) is 4.79 Å². The van der Waals surface area contributed by atoms with Gasteiger partial charge in [-0.15, -0.1) is 0 Å². The Bertz CT molecular complexity index is 1210. The van der Waals surface area contributed by atoms with Crippen LogP contribution >= 0.6 is 0 Å². The summed E-state index contributed by atoms with van der Waals surface area (Å²) in [4.78, 5) is 13.4. The summed E-state index contributed by atoms with van der Waals surface area (Å²) in [7, 11) is 3.14. The van der Waals surface area contributed by atoms with Gasteiger partial charge in [-0.25, -0.2) is 4.68 Å². The standard InChI is InChI=1S/C24H24N4O3/c1-16-7-9-18(10-8-16)28-24(27-13-5-6-14-27)22(17(2)26-28)23(29)25-20-15-19(30-3)11-12-21(20)31-4/h5-15H,1-4H3,(H,25,29). The van der Waals surface area contributed by atoms with E-state index in [-0.39, 0.29) is 5.91 Å². The van der Waals surface area contributed by atoms with E-state index >= 15 is 0 Å². The van der Waals surface area contributed by atoms with Crippen molar-refractivity contribution in [1.82, 2.24) is 14.3 Å². The van der Waals surface area contributed by atoms with Crippen molar-refractivity contribution in [2.24, 2.45) is 0 Å². The second kappa shape index (κ2) is 8.39. The first kappa shape index (κ1) is 20.3. The van der Waals surface area contributed by atoms with Gasteiger partial charge in [-0.3, -0.25) is 4.79 Å². The molecule has 4 aromatic rings. The molecule has 2 aromatic heterocycles. The van der Waals surface area contributed by atoms with Gasteiger partial charge in [0.25, 0.3) is 5.91 Å². The minimum absolute atomic E-state index is 0.286. The fourth-order valence-electron chi connectivity index (χ4n) is 3.46. The summed E-state index contributed by atoms with van der Waals surface area (Å²) in [5.41, 5.74) is 3.63. The zero-order valence-corrected chi connectivity index (χ0v) is 17.9. The van der Waals surface area contributed by atoms with Crippen LogP contribution in [0.5, 0.6) is 11.5 Å². The van der Waals surface area contributed by atoms with Crippen LogP contribution in [-0.2, 0) is 0 Å². The minimum atomic E-state index is -0.286. The summed E-state index contributed by atoms with van der Waals surface area (Å²) in [5.74, 6) is 1.53. The molecule has 0 saturated heterocycles. The van der Waals surface area contributed by atoms with E-state index in [0.717, 1.165) is 11.3 Å². The van der Waals surface area contributed by atoms with Crippen molar-refractivity contribution in [3.05, 3.63) is 83.8 Å². The first-order chi connectivity index (χ1) is 15.0. The van der Waals surface area contributed by atoms with Crippen molar-refractivity contribution < 1.29 is 14.3 Å². The molecule has 2 heterocycles. The molecular formula is C24H24N4O3. The van der Waals surface area contributed by atoms with E-state index in [1.54, 1.807) is 37.1 Å². The number of aromatic nitrogens is 3. The van der Waals surface area contributed by atoms with Crippen LogP contribution in [0, 0.1) is 13.8 Å². The van der Waals surface area contributed by atoms with Gasteiger partial charge in [0.05, 0.1) is 31.3 Å².